The topological polar surface area (TPSA) is 60.1 Å². The number of aryl methyl sites for hydroxylation is 1. The maximum atomic E-state index is 13.3. The Hall–Kier alpha value is -3.12. The van der Waals surface area contributed by atoms with Crippen LogP contribution in [0.5, 0.6) is 0 Å². The summed E-state index contributed by atoms with van der Waals surface area (Å²) in [7, 11) is 0. The first-order valence-corrected chi connectivity index (χ1v) is 9.57. The van der Waals surface area contributed by atoms with Gasteiger partial charge >= 0.3 is 0 Å². The molecule has 0 amide bonds. The van der Waals surface area contributed by atoms with Crippen LogP contribution in [0.4, 0.5) is 0 Å². The van der Waals surface area contributed by atoms with Crippen LogP contribution >= 0.6 is 15.9 Å². The molecule has 2 aromatic heterocycles. The maximum Gasteiger partial charge on any atom is 0.282 e. The zero-order chi connectivity index (χ0) is 19.7. The van der Waals surface area contributed by atoms with Gasteiger partial charge in [0.2, 0.25) is 0 Å². The minimum absolute atomic E-state index is 0.225. The maximum absolute atomic E-state index is 13.3. The van der Waals surface area contributed by atoms with E-state index in [-0.39, 0.29) is 5.56 Å². The Balaban J connectivity index is 2.01. The number of pyridine rings is 1. The van der Waals surface area contributed by atoms with Gasteiger partial charge in [0.25, 0.3) is 5.56 Å². The van der Waals surface area contributed by atoms with Gasteiger partial charge in [-0.3, -0.25) is 9.78 Å². The summed E-state index contributed by atoms with van der Waals surface area (Å²) >= 11 is 3.43. The third-order valence-corrected chi connectivity index (χ3v) is 4.91. The molecule has 138 valence electrons. The molecule has 0 saturated heterocycles. The normalized spacial score (nSPS) is 11.8. The van der Waals surface area contributed by atoms with Gasteiger partial charge < -0.3 is 0 Å². The Morgan fingerprint density at radius 1 is 1.11 bits per heavy atom. The van der Waals surface area contributed by atoms with Crippen LogP contribution in [0.15, 0.2) is 81.4 Å². The van der Waals surface area contributed by atoms with Crippen molar-refractivity contribution in [1.29, 1.82) is 0 Å². The van der Waals surface area contributed by atoms with Crippen molar-refractivity contribution in [2.75, 3.05) is 0 Å². The molecule has 28 heavy (non-hydrogen) atoms. The highest BCUT2D eigenvalue weighted by Gasteiger charge is 2.14. The van der Waals surface area contributed by atoms with Crippen molar-refractivity contribution < 1.29 is 0 Å². The largest absolute Gasteiger partial charge is 0.282 e. The minimum atomic E-state index is -0.225. The van der Waals surface area contributed by atoms with E-state index < -0.39 is 0 Å². The lowest BCUT2D eigenvalue weighted by atomic mass is 10.1. The standard InChI is InChI=1S/C22H17BrN4O/c1-14-5-3-6-16(11-14)15(2)26-27-21(17-7-4-10-24-13-17)25-20-9-8-18(23)12-19(20)22(27)28/h3-13H,1-2H3. The molecule has 4 aromatic rings. The van der Waals surface area contributed by atoms with Crippen LogP contribution in [0.1, 0.15) is 18.1 Å². The molecule has 0 atom stereocenters. The van der Waals surface area contributed by atoms with E-state index in [4.69, 9.17) is 4.98 Å². The van der Waals surface area contributed by atoms with Crippen molar-refractivity contribution in [1.82, 2.24) is 14.6 Å². The summed E-state index contributed by atoms with van der Waals surface area (Å²) in [6, 6.07) is 17.2. The van der Waals surface area contributed by atoms with Gasteiger partial charge in [-0.2, -0.15) is 9.78 Å². The Morgan fingerprint density at radius 2 is 1.96 bits per heavy atom. The molecule has 0 bridgehead atoms. The fraction of sp³-hybridized carbons (Fsp3) is 0.0909. The van der Waals surface area contributed by atoms with Gasteiger partial charge in [-0.15, -0.1) is 0 Å². The second-order valence-corrected chi connectivity index (χ2v) is 7.43. The molecule has 0 saturated carbocycles. The molecule has 0 spiro atoms. The van der Waals surface area contributed by atoms with E-state index in [2.05, 4.69) is 26.0 Å². The summed E-state index contributed by atoms with van der Waals surface area (Å²) in [5.41, 5.74) is 3.94. The lowest BCUT2D eigenvalue weighted by molar-refractivity contribution is 0.823. The molecule has 0 unspecified atom stereocenters. The second-order valence-electron chi connectivity index (χ2n) is 6.51. The molecule has 0 N–H and O–H groups in total. The second kappa shape index (κ2) is 7.48. The van der Waals surface area contributed by atoms with E-state index in [0.717, 1.165) is 26.9 Å². The van der Waals surface area contributed by atoms with Crippen molar-refractivity contribution in [3.05, 3.63) is 92.9 Å². The summed E-state index contributed by atoms with van der Waals surface area (Å²) in [4.78, 5) is 22.2. The van der Waals surface area contributed by atoms with Crippen LogP contribution in [-0.2, 0) is 0 Å². The number of benzene rings is 2. The number of aromatic nitrogens is 3. The Labute approximate surface area is 170 Å². The van der Waals surface area contributed by atoms with E-state index in [9.17, 15) is 4.79 Å². The number of halogens is 1. The summed E-state index contributed by atoms with van der Waals surface area (Å²) in [6.45, 7) is 3.92. The van der Waals surface area contributed by atoms with Crippen molar-refractivity contribution >= 4 is 32.5 Å². The summed E-state index contributed by atoms with van der Waals surface area (Å²) in [5.74, 6) is 0.458. The molecule has 2 aromatic carbocycles. The molecule has 0 aliphatic heterocycles. The molecule has 4 rings (SSSR count). The van der Waals surface area contributed by atoms with Gasteiger partial charge in [-0.05, 0) is 49.7 Å². The first kappa shape index (κ1) is 18.3. The highest BCUT2D eigenvalue weighted by Crippen LogP contribution is 2.21. The van der Waals surface area contributed by atoms with Crippen molar-refractivity contribution in [2.24, 2.45) is 5.10 Å². The van der Waals surface area contributed by atoms with Gasteiger partial charge in [-0.25, -0.2) is 4.98 Å². The predicted octanol–water partition coefficient (Wildman–Crippen LogP) is 4.80. The van der Waals surface area contributed by atoms with Gasteiger partial charge in [0, 0.05) is 22.4 Å². The molecule has 0 fully saturated rings. The molecular formula is C22H17BrN4O. The predicted molar refractivity (Wildman–Crippen MR) is 116 cm³/mol. The molecular weight excluding hydrogens is 416 g/mol. The van der Waals surface area contributed by atoms with E-state index in [0.29, 0.717) is 16.7 Å². The third kappa shape index (κ3) is 3.51. The quantitative estimate of drug-likeness (QED) is 0.436. The van der Waals surface area contributed by atoms with Crippen LogP contribution in [0.2, 0.25) is 0 Å². The van der Waals surface area contributed by atoms with Crippen molar-refractivity contribution in [3.8, 4) is 11.4 Å². The molecule has 6 heteroatoms. The Kier molecular flexibility index (Phi) is 4.88. The fourth-order valence-electron chi connectivity index (χ4n) is 3.00. The van der Waals surface area contributed by atoms with Gasteiger partial charge in [-0.1, -0.05) is 45.8 Å². The zero-order valence-corrected chi connectivity index (χ0v) is 17.0. The van der Waals surface area contributed by atoms with E-state index in [1.54, 1.807) is 18.5 Å². The van der Waals surface area contributed by atoms with E-state index in [1.165, 1.54) is 4.68 Å². The first-order chi connectivity index (χ1) is 13.5. The third-order valence-electron chi connectivity index (χ3n) is 4.41. The van der Waals surface area contributed by atoms with E-state index >= 15 is 0 Å². The fourth-order valence-corrected chi connectivity index (χ4v) is 3.36. The SMILES string of the molecule is CC(=Nn1c(-c2cccnc2)nc2ccc(Br)cc2c1=O)c1cccc(C)c1. The van der Waals surface area contributed by atoms with Crippen LogP contribution in [0.3, 0.4) is 0 Å². The number of nitrogens with zero attached hydrogens (tertiary/aromatic N) is 4. The van der Waals surface area contributed by atoms with Gasteiger partial charge in [0.05, 0.1) is 16.6 Å². The summed E-state index contributed by atoms with van der Waals surface area (Å²) in [5, 5.41) is 5.14. The van der Waals surface area contributed by atoms with Gasteiger partial charge in [0.15, 0.2) is 5.82 Å². The molecule has 0 radical (unpaired) electrons. The van der Waals surface area contributed by atoms with Crippen molar-refractivity contribution in [2.45, 2.75) is 13.8 Å². The molecule has 0 aliphatic carbocycles. The lowest BCUT2D eigenvalue weighted by Gasteiger charge is -2.11. The van der Waals surface area contributed by atoms with E-state index in [1.807, 2.05) is 62.4 Å². The summed E-state index contributed by atoms with van der Waals surface area (Å²) < 4.78 is 2.18. The minimum Gasteiger partial charge on any atom is -0.267 e. The van der Waals surface area contributed by atoms with Gasteiger partial charge in [0.1, 0.15) is 0 Å². The smallest absolute Gasteiger partial charge is 0.267 e. The highest BCUT2D eigenvalue weighted by atomic mass is 79.9. The molecule has 0 aliphatic rings. The zero-order valence-electron chi connectivity index (χ0n) is 15.4. The van der Waals surface area contributed by atoms with Crippen LogP contribution in [-0.4, -0.2) is 20.4 Å². The van der Waals surface area contributed by atoms with Crippen LogP contribution < -0.4 is 5.56 Å². The molecule has 5 nitrogen and oxygen atoms in total. The monoisotopic (exact) mass is 432 g/mol. The van der Waals surface area contributed by atoms with Crippen LogP contribution in [0, 0.1) is 6.92 Å². The average Bonchev–Trinajstić information content (AvgIpc) is 2.71. The Bertz CT molecular complexity index is 1260. The Morgan fingerprint density at radius 3 is 2.71 bits per heavy atom. The lowest BCUT2D eigenvalue weighted by Crippen LogP contribution is -2.21. The number of fused-ring (bicyclic) bond motifs is 1. The van der Waals surface area contributed by atoms with Crippen molar-refractivity contribution in [3.63, 3.8) is 0 Å². The average molecular weight is 433 g/mol. The number of hydrogen-bond acceptors (Lipinski definition) is 4. The number of rotatable bonds is 3. The highest BCUT2D eigenvalue weighted by molar-refractivity contribution is 9.10. The number of hydrogen-bond donors (Lipinski definition) is 0. The van der Waals surface area contributed by atoms with Crippen LogP contribution in [0.25, 0.3) is 22.3 Å². The summed E-state index contributed by atoms with van der Waals surface area (Å²) in [6.07, 6.45) is 3.37. The first-order valence-electron chi connectivity index (χ1n) is 8.78. The molecule has 2 heterocycles.